The van der Waals surface area contributed by atoms with E-state index in [4.69, 9.17) is 18.9 Å². The van der Waals surface area contributed by atoms with Crippen molar-refractivity contribution in [2.24, 2.45) is 0 Å². The van der Waals surface area contributed by atoms with E-state index >= 15 is 0 Å². The molecule has 0 aliphatic rings. The summed E-state index contributed by atoms with van der Waals surface area (Å²) >= 11 is 0. The van der Waals surface area contributed by atoms with Gasteiger partial charge in [0.1, 0.15) is 0 Å². The Bertz CT molecular complexity index is 1080. The van der Waals surface area contributed by atoms with Crippen molar-refractivity contribution in [2.75, 3.05) is 52.9 Å². The van der Waals surface area contributed by atoms with Gasteiger partial charge in [-0.25, -0.2) is 26.3 Å². The molecule has 0 radical (unpaired) electrons. The molecule has 2 aromatic rings. The molecule has 2 aromatic carbocycles. The van der Waals surface area contributed by atoms with Crippen molar-refractivity contribution in [1.82, 2.24) is 0 Å². The van der Waals surface area contributed by atoms with Crippen LogP contribution in [0.15, 0.2) is 12.1 Å². The molecule has 0 unspecified atom stereocenters. The van der Waals surface area contributed by atoms with Crippen LogP contribution < -0.4 is 9.47 Å². The molecule has 16 heteroatoms. The lowest BCUT2D eigenvalue weighted by molar-refractivity contribution is -0.137. The number of hydrogen-bond acceptors (Lipinski definition) is 8. The van der Waals surface area contributed by atoms with E-state index in [1.54, 1.807) is 0 Å². The van der Waals surface area contributed by atoms with Gasteiger partial charge in [-0.3, -0.25) is 9.59 Å². The summed E-state index contributed by atoms with van der Waals surface area (Å²) in [5.41, 5.74) is 0. The number of rotatable bonds is 17. The summed E-state index contributed by atoms with van der Waals surface area (Å²) < 4.78 is 135. The Morgan fingerprint density at radius 3 is 1.07 bits per heavy atom. The van der Waals surface area contributed by atoms with Gasteiger partial charge in [0.25, 0.3) is 0 Å². The van der Waals surface area contributed by atoms with Crippen LogP contribution in [0, 0.1) is 46.5 Å². The minimum Gasteiger partial charge on any atom is -0.420 e. The molecule has 0 aliphatic carbocycles. The molecule has 0 bridgehead atoms. The van der Waals surface area contributed by atoms with E-state index in [1.807, 2.05) is 0 Å². The fourth-order valence-electron chi connectivity index (χ4n) is 2.69. The van der Waals surface area contributed by atoms with E-state index < -0.39 is 82.8 Å². The zero-order valence-corrected chi connectivity index (χ0v) is 20.5. The first-order chi connectivity index (χ1) is 19.0. The summed E-state index contributed by atoms with van der Waals surface area (Å²) in [5, 5.41) is 0. The van der Waals surface area contributed by atoms with Gasteiger partial charge in [0.2, 0.25) is 23.1 Å². The van der Waals surface area contributed by atoms with Crippen molar-refractivity contribution < 1.29 is 73.1 Å². The van der Waals surface area contributed by atoms with E-state index in [-0.39, 0.29) is 65.0 Å². The van der Waals surface area contributed by atoms with Crippen LogP contribution in [0.2, 0.25) is 0 Å². The van der Waals surface area contributed by atoms with Crippen molar-refractivity contribution in [3.63, 3.8) is 0 Å². The second kappa shape index (κ2) is 16.7. The first-order valence-electron chi connectivity index (χ1n) is 11.4. The van der Waals surface area contributed by atoms with Gasteiger partial charge in [-0.05, 0) is 0 Å². The number of benzene rings is 2. The molecule has 0 atom stereocenters. The smallest absolute Gasteiger partial charge is 0.313 e. The van der Waals surface area contributed by atoms with Crippen LogP contribution in [-0.4, -0.2) is 64.8 Å². The summed E-state index contributed by atoms with van der Waals surface area (Å²) in [5.74, 6) is -19.6. The third kappa shape index (κ3) is 10.3. The van der Waals surface area contributed by atoms with Crippen molar-refractivity contribution >= 4 is 11.9 Å². The highest BCUT2D eigenvalue weighted by molar-refractivity contribution is 5.73. The molecule has 0 heterocycles. The molecule has 222 valence electrons. The molecule has 0 saturated heterocycles. The van der Waals surface area contributed by atoms with Crippen molar-refractivity contribution in [2.45, 2.75) is 12.8 Å². The Balaban J connectivity index is 1.44. The third-order valence-corrected chi connectivity index (χ3v) is 4.59. The van der Waals surface area contributed by atoms with Crippen LogP contribution >= 0.6 is 0 Å². The Kier molecular flexibility index (Phi) is 13.7. The van der Waals surface area contributed by atoms with Gasteiger partial charge < -0.3 is 28.4 Å². The number of esters is 2. The largest absolute Gasteiger partial charge is 0.420 e. The minimum absolute atomic E-state index is 0.0404. The third-order valence-electron chi connectivity index (χ3n) is 4.59. The summed E-state index contributed by atoms with van der Waals surface area (Å²) in [4.78, 5) is 23.2. The average Bonchev–Trinajstić information content (AvgIpc) is 2.91. The highest BCUT2D eigenvalue weighted by Crippen LogP contribution is 2.27. The summed E-state index contributed by atoms with van der Waals surface area (Å²) in [7, 11) is 0. The van der Waals surface area contributed by atoms with Crippen molar-refractivity contribution in [3.8, 4) is 11.5 Å². The van der Waals surface area contributed by atoms with Crippen molar-refractivity contribution in [1.29, 1.82) is 0 Å². The highest BCUT2D eigenvalue weighted by Gasteiger charge is 2.23. The first-order valence-corrected chi connectivity index (χ1v) is 11.4. The quantitative estimate of drug-likeness (QED) is 0.0678. The van der Waals surface area contributed by atoms with Crippen LogP contribution in [0.3, 0.4) is 0 Å². The van der Waals surface area contributed by atoms with Crippen LogP contribution in [0.5, 0.6) is 11.5 Å². The Morgan fingerprint density at radius 2 is 0.750 bits per heavy atom. The molecule has 0 aliphatic heterocycles. The predicted octanol–water partition coefficient (Wildman–Crippen LogP) is 4.16. The van der Waals surface area contributed by atoms with Crippen LogP contribution in [0.25, 0.3) is 0 Å². The van der Waals surface area contributed by atoms with Gasteiger partial charge in [0.15, 0.2) is 34.9 Å². The maximum atomic E-state index is 13.5. The fourth-order valence-corrected chi connectivity index (χ4v) is 2.69. The Hall–Kier alpha value is -3.34. The van der Waals surface area contributed by atoms with Gasteiger partial charge in [-0.15, -0.1) is 0 Å². The van der Waals surface area contributed by atoms with Crippen LogP contribution in [0.4, 0.5) is 35.1 Å². The number of carbonyl (C=O) groups excluding carboxylic acids is 2. The Labute approximate surface area is 221 Å². The van der Waals surface area contributed by atoms with Crippen LogP contribution in [-0.2, 0) is 28.5 Å². The SMILES string of the molecule is O=C(CCOCCOCCOCCOCCC(=O)Oc1c(F)cc(F)c(F)c1F)Oc1c(F)cc(F)c(F)c1F. The molecular formula is C24H22F8O8. The Morgan fingerprint density at radius 1 is 0.450 bits per heavy atom. The lowest BCUT2D eigenvalue weighted by atomic mass is 10.3. The highest BCUT2D eigenvalue weighted by atomic mass is 19.2. The monoisotopic (exact) mass is 590 g/mol. The van der Waals surface area contributed by atoms with Gasteiger partial charge in [0.05, 0.1) is 65.7 Å². The number of halogens is 8. The zero-order chi connectivity index (χ0) is 29.7. The topological polar surface area (TPSA) is 89.5 Å². The lowest BCUT2D eigenvalue weighted by Crippen LogP contribution is -2.16. The molecule has 0 N–H and O–H groups in total. The molecule has 0 fully saturated rings. The van der Waals surface area contributed by atoms with E-state index in [0.717, 1.165) is 0 Å². The lowest BCUT2D eigenvalue weighted by Gasteiger charge is -2.09. The summed E-state index contributed by atoms with van der Waals surface area (Å²) in [6.07, 6.45) is -0.867. The van der Waals surface area contributed by atoms with E-state index in [2.05, 4.69) is 9.47 Å². The predicted molar refractivity (Wildman–Crippen MR) is 116 cm³/mol. The molecule has 8 nitrogen and oxygen atoms in total. The second-order valence-corrected chi connectivity index (χ2v) is 7.49. The van der Waals surface area contributed by atoms with Gasteiger partial charge in [0, 0.05) is 12.1 Å². The summed E-state index contributed by atoms with van der Waals surface area (Å²) in [6, 6.07) is 0.0878. The molecule has 40 heavy (non-hydrogen) atoms. The molecular weight excluding hydrogens is 568 g/mol. The minimum atomic E-state index is -1.98. The van der Waals surface area contributed by atoms with Gasteiger partial charge in [-0.1, -0.05) is 0 Å². The normalized spacial score (nSPS) is 11.1. The number of hydrogen-bond donors (Lipinski definition) is 0. The van der Waals surface area contributed by atoms with E-state index in [9.17, 15) is 44.7 Å². The fraction of sp³-hybridized carbons (Fsp3) is 0.417. The number of ether oxygens (including phenoxy) is 6. The van der Waals surface area contributed by atoms with Gasteiger partial charge in [-0.2, -0.15) is 8.78 Å². The summed E-state index contributed by atoms with van der Waals surface area (Å²) in [6.45, 7) is 0.167. The molecule has 0 spiro atoms. The average molecular weight is 590 g/mol. The standard InChI is InChI=1S/C24H22F8O8/c25-13-11-15(27)23(21(31)19(13)29)39-17(33)1-3-35-5-7-37-9-10-38-8-6-36-4-2-18(34)40-24-16(28)12-14(26)20(30)22(24)32/h11-12H,1-10H2. The molecule has 0 saturated carbocycles. The van der Waals surface area contributed by atoms with E-state index in [0.29, 0.717) is 0 Å². The van der Waals surface area contributed by atoms with Gasteiger partial charge >= 0.3 is 11.9 Å². The van der Waals surface area contributed by atoms with Crippen LogP contribution in [0.1, 0.15) is 12.8 Å². The number of carbonyl (C=O) groups is 2. The maximum absolute atomic E-state index is 13.5. The zero-order valence-electron chi connectivity index (χ0n) is 20.5. The molecule has 2 rings (SSSR count). The second-order valence-electron chi connectivity index (χ2n) is 7.49. The van der Waals surface area contributed by atoms with E-state index in [1.165, 1.54) is 0 Å². The maximum Gasteiger partial charge on any atom is 0.313 e. The molecule has 0 aromatic heterocycles. The molecule has 0 amide bonds. The first kappa shape index (κ1) is 32.9. The van der Waals surface area contributed by atoms with Crippen molar-refractivity contribution in [3.05, 3.63) is 58.7 Å².